The molecule has 0 aromatic heterocycles. The summed E-state index contributed by atoms with van der Waals surface area (Å²) in [6.45, 7) is 9.76. The Morgan fingerprint density at radius 1 is 1.33 bits per heavy atom. The quantitative estimate of drug-likeness (QED) is 0.765. The molecule has 1 aliphatic rings. The molecule has 3 atom stereocenters. The van der Waals surface area contributed by atoms with Crippen molar-refractivity contribution in [2.24, 2.45) is 11.8 Å². The van der Waals surface area contributed by atoms with E-state index in [4.69, 9.17) is 0 Å². The zero-order valence-electron chi connectivity index (χ0n) is 12.5. The molecule has 1 heterocycles. The maximum absolute atomic E-state index is 12.1. The average molecular weight is 254 g/mol. The van der Waals surface area contributed by atoms with E-state index in [-0.39, 0.29) is 11.8 Å². The van der Waals surface area contributed by atoms with Crippen LogP contribution in [0.4, 0.5) is 0 Å². The van der Waals surface area contributed by atoms with Gasteiger partial charge in [0.05, 0.1) is 0 Å². The van der Waals surface area contributed by atoms with Gasteiger partial charge in [0.1, 0.15) is 0 Å². The SMILES string of the molecule is CC(C)CCCC(C)NC(=O)C1CCNC(C)C1. The van der Waals surface area contributed by atoms with Crippen molar-refractivity contribution in [1.29, 1.82) is 0 Å². The first-order valence-electron chi connectivity index (χ1n) is 7.52. The van der Waals surface area contributed by atoms with Crippen LogP contribution in [0.15, 0.2) is 0 Å². The molecule has 0 bridgehead atoms. The van der Waals surface area contributed by atoms with Gasteiger partial charge in [0.15, 0.2) is 0 Å². The molecule has 0 aromatic rings. The molecule has 0 aromatic carbocycles. The third-order valence-corrected chi connectivity index (χ3v) is 3.80. The van der Waals surface area contributed by atoms with Crippen LogP contribution in [0, 0.1) is 11.8 Å². The van der Waals surface area contributed by atoms with Gasteiger partial charge in [-0.15, -0.1) is 0 Å². The second-order valence-electron chi connectivity index (χ2n) is 6.31. The fraction of sp³-hybridized carbons (Fsp3) is 0.933. The van der Waals surface area contributed by atoms with E-state index in [1.54, 1.807) is 0 Å². The number of piperidine rings is 1. The van der Waals surface area contributed by atoms with E-state index >= 15 is 0 Å². The minimum absolute atomic E-state index is 0.216. The maximum Gasteiger partial charge on any atom is 0.223 e. The normalized spacial score (nSPS) is 26.1. The van der Waals surface area contributed by atoms with Crippen molar-refractivity contribution in [3.63, 3.8) is 0 Å². The molecule has 1 amide bonds. The van der Waals surface area contributed by atoms with Gasteiger partial charge in [-0.05, 0) is 45.6 Å². The molecule has 1 rings (SSSR count). The Labute approximate surface area is 112 Å². The maximum atomic E-state index is 12.1. The minimum Gasteiger partial charge on any atom is -0.353 e. The predicted molar refractivity (Wildman–Crippen MR) is 76.5 cm³/mol. The van der Waals surface area contributed by atoms with Gasteiger partial charge in [0, 0.05) is 18.0 Å². The van der Waals surface area contributed by atoms with Crippen LogP contribution in [0.2, 0.25) is 0 Å². The second kappa shape index (κ2) is 7.78. The number of hydrogen-bond acceptors (Lipinski definition) is 2. The standard InChI is InChI=1S/C15H30N2O/c1-11(2)6-5-7-12(3)17-15(18)14-8-9-16-13(4)10-14/h11-14,16H,5-10H2,1-4H3,(H,17,18). The largest absolute Gasteiger partial charge is 0.353 e. The second-order valence-corrected chi connectivity index (χ2v) is 6.31. The van der Waals surface area contributed by atoms with Crippen LogP contribution in [0.25, 0.3) is 0 Å². The smallest absolute Gasteiger partial charge is 0.223 e. The van der Waals surface area contributed by atoms with E-state index < -0.39 is 0 Å². The van der Waals surface area contributed by atoms with Crippen LogP contribution in [-0.2, 0) is 4.79 Å². The topological polar surface area (TPSA) is 41.1 Å². The molecule has 3 unspecified atom stereocenters. The highest BCUT2D eigenvalue weighted by Gasteiger charge is 2.25. The molecular weight excluding hydrogens is 224 g/mol. The third-order valence-electron chi connectivity index (χ3n) is 3.80. The van der Waals surface area contributed by atoms with E-state index in [9.17, 15) is 4.79 Å². The van der Waals surface area contributed by atoms with Crippen molar-refractivity contribution >= 4 is 5.91 Å². The fourth-order valence-electron chi connectivity index (χ4n) is 2.64. The van der Waals surface area contributed by atoms with Crippen LogP contribution in [0.3, 0.4) is 0 Å². The summed E-state index contributed by atoms with van der Waals surface area (Å²) in [6.07, 6.45) is 5.52. The Kier molecular flexibility index (Phi) is 6.69. The van der Waals surface area contributed by atoms with Gasteiger partial charge in [-0.2, -0.15) is 0 Å². The monoisotopic (exact) mass is 254 g/mol. The van der Waals surface area contributed by atoms with Crippen molar-refractivity contribution in [2.45, 2.75) is 71.9 Å². The number of rotatable bonds is 6. The van der Waals surface area contributed by atoms with Gasteiger partial charge in [-0.3, -0.25) is 4.79 Å². The van der Waals surface area contributed by atoms with E-state index in [0.29, 0.717) is 12.1 Å². The summed E-state index contributed by atoms with van der Waals surface area (Å²) in [5.41, 5.74) is 0. The number of amides is 1. The lowest BCUT2D eigenvalue weighted by atomic mass is 9.92. The lowest BCUT2D eigenvalue weighted by molar-refractivity contribution is -0.126. The van der Waals surface area contributed by atoms with Crippen LogP contribution in [-0.4, -0.2) is 24.5 Å². The van der Waals surface area contributed by atoms with Crippen molar-refractivity contribution in [3.8, 4) is 0 Å². The van der Waals surface area contributed by atoms with E-state index in [1.165, 1.54) is 12.8 Å². The highest BCUT2D eigenvalue weighted by Crippen LogP contribution is 2.17. The van der Waals surface area contributed by atoms with Gasteiger partial charge in [0.25, 0.3) is 0 Å². The Balaban J connectivity index is 2.21. The number of nitrogens with one attached hydrogen (secondary N) is 2. The Bertz CT molecular complexity index is 253. The van der Waals surface area contributed by atoms with Gasteiger partial charge < -0.3 is 10.6 Å². The Hall–Kier alpha value is -0.570. The molecule has 3 heteroatoms. The molecule has 1 fully saturated rings. The predicted octanol–water partition coefficient (Wildman–Crippen LogP) is 2.71. The zero-order valence-corrected chi connectivity index (χ0v) is 12.5. The van der Waals surface area contributed by atoms with E-state index in [0.717, 1.165) is 31.7 Å². The van der Waals surface area contributed by atoms with Gasteiger partial charge in [0.2, 0.25) is 5.91 Å². The first-order valence-corrected chi connectivity index (χ1v) is 7.52. The lowest BCUT2D eigenvalue weighted by Gasteiger charge is -2.28. The first kappa shape index (κ1) is 15.5. The van der Waals surface area contributed by atoms with Crippen LogP contribution < -0.4 is 10.6 Å². The number of carbonyl (C=O) groups is 1. The molecule has 3 nitrogen and oxygen atoms in total. The number of carbonyl (C=O) groups excluding carboxylic acids is 1. The molecule has 0 spiro atoms. The average Bonchev–Trinajstić information content (AvgIpc) is 2.28. The Morgan fingerprint density at radius 2 is 2.06 bits per heavy atom. The highest BCUT2D eigenvalue weighted by molar-refractivity contribution is 5.79. The molecule has 0 radical (unpaired) electrons. The first-order chi connectivity index (χ1) is 8.49. The summed E-state index contributed by atoms with van der Waals surface area (Å²) in [4.78, 5) is 12.1. The van der Waals surface area contributed by atoms with Crippen molar-refractivity contribution in [3.05, 3.63) is 0 Å². The zero-order chi connectivity index (χ0) is 13.5. The summed E-state index contributed by atoms with van der Waals surface area (Å²) in [5, 5.41) is 6.56. The fourth-order valence-corrected chi connectivity index (χ4v) is 2.64. The lowest BCUT2D eigenvalue weighted by Crippen LogP contribution is -2.44. The molecule has 1 aliphatic heterocycles. The van der Waals surface area contributed by atoms with Gasteiger partial charge in [-0.25, -0.2) is 0 Å². The third kappa shape index (κ3) is 5.85. The summed E-state index contributed by atoms with van der Waals surface area (Å²) in [7, 11) is 0. The van der Waals surface area contributed by atoms with E-state index in [1.807, 2.05) is 0 Å². The highest BCUT2D eigenvalue weighted by atomic mass is 16.1. The van der Waals surface area contributed by atoms with Crippen molar-refractivity contribution < 1.29 is 4.79 Å². The summed E-state index contributed by atoms with van der Waals surface area (Å²) in [5.74, 6) is 1.24. The van der Waals surface area contributed by atoms with Crippen molar-refractivity contribution in [2.75, 3.05) is 6.54 Å². The molecule has 18 heavy (non-hydrogen) atoms. The molecule has 2 N–H and O–H groups in total. The van der Waals surface area contributed by atoms with Crippen molar-refractivity contribution in [1.82, 2.24) is 10.6 Å². The van der Waals surface area contributed by atoms with Crippen LogP contribution >= 0.6 is 0 Å². The van der Waals surface area contributed by atoms with E-state index in [2.05, 4.69) is 38.3 Å². The molecular formula is C15H30N2O. The molecule has 1 saturated heterocycles. The Morgan fingerprint density at radius 3 is 2.67 bits per heavy atom. The van der Waals surface area contributed by atoms with Crippen LogP contribution in [0.1, 0.15) is 59.8 Å². The summed E-state index contributed by atoms with van der Waals surface area (Å²) < 4.78 is 0. The van der Waals surface area contributed by atoms with Crippen LogP contribution in [0.5, 0.6) is 0 Å². The summed E-state index contributed by atoms with van der Waals surface area (Å²) in [6, 6.07) is 0.798. The molecule has 0 saturated carbocycles. The molecule has 106 valence electrons. The van der Waals surface area contributed by atoms with Gasteiger partial charge in [-0.1, -0.05) is 26.7 Å². The minimum atomic E-state index is 0.216. The summed E-state index contributed by atoms with van der Waals surface area (Å²) >= 11 is 0. The molecule has 0 aliphatic carbocycles. The van der Waals surface area contributed by atoms with Gasteiger partial charge >= 0.3 is 0 Å². The number of hydrogen-bond donors (Lipinski definition) is 2.